The number of hydrogen-bond acceptors (Lipinski definition) is 3. The lowest BCUT2D eigenvalue weighted by molar-refractivity contribution is -0.122. The van der Waals surface area contributed by atoms with Crippen LogP contribution < -0.4 is 4.90 Å². The summed E-state index contributed by atoms with van der Waals surface area (Å²) >= 11 is 0. The summed E-state index contributed by atoms with van der Waals surface area (Å²) in [4.78, 5) is 26.3. The molecule has 1 aliphatic rings. The van der Waals surface area contributed by atoms with Crippen molar-refractivity contribution in [2.24, 2.45) is 0 Å². The number of ketones is 1. The van der Waals surface area contributed by atoms with E-state index >= 15 is 0 Å². The molecule has 0 bridgehead atoms. The Kier molecular flexibility index (Phi) is 3.73. The molecule has 0 fully saturated rings. The van der Waals surface area contributed by atoms with Crippen LogP contribution in [0.15, 0.2) is 42.5 Å². The monoisotopic (exact) mass is 318 g/mol. The second-order valence-electron chi connectivity index (χ2n) is 6.57. The number of benzene rings is 2. The standard InChI is InChI=1S/C20H18N2O2/c1-13(23)14-8-9-18-17(10-14)20(2,3)19(24)22(18)12-16-7-5-4-6-15(16)11-21/h4-10H,12H2,1-3H3. The van der Waals surface area contributed by atoms with Crippen LogP contribution in [0.1, 0.15) is 47.8 Å². The molecule has 1 aliphatic heterocycles. The molecule has 0 spiro atoms. The molecule has 0 saturated heterocycles. The van der Waals surface area contributed by atoms with E-state index in [1.165, 1.54) is 6.92 Å². The topological polar surface area (TPSA) is 61.2 Å². The van der Waals surface area contributed by atoms with E-state index in [4.69, 9.17) is 0 Å². The van der Waals surface area contributed by atoms with Gasteiger partial charge < -0.3 is 4.90 Å². The molecule has 4 nitrogen and oxygen atoms in total. The van der Waals surface area contributed by atoms with Crippen LogP contribution >= 0.6 is 0 Å². The average Bonchev–Trinajstić information content (AvgIpc) is 2.76. The highest BCUT2D eigenvalue weighted by atomic mass is 16.2. The maximum atomic E-state index is 12.9. The number of rotatable bonds is 3. The van der Waals surface area contributed by atoms with Gasteiger partial charge >= 0.3 is 0 Å². The van der Waals surface area contributed by atoms with E-state index in [0.29, 0.717) is 17.7 Å². The fraction of sp³-hybridized carbons (Fsp3) is 0.250. The molecule has 3 rings (SSSR count). The van der Waals surface area contributed by atoms with Gasteiger partial charge in [0.2, 0.25) is 5.91 Å². The largest absolute Gasteiger partial charge is 0.307 e. The van der Waals surface area contributed by atoms with Crippen LogP contribution in [-0.4, -0.2) is 11.7 Å². The Bertz CT molecular complexity index is 891. The SMILES string of the molecule is CC(=O)c1ccc2c(c1)C(C)(C)C(=O)N2Cc1ccccc1C#N. The molecule has 0 aliphatic carbocycles. The van der Waals surface area contributed by atoms with Gasteiger partial charge in [0.15, 0.2) is 5.78 Å². The molecule has 1 heterocycles. The Labute approximate surface area is 141 Å². The molecule has 0 radical (unpaired) electrons. The highest BCUT2D eigenvalue weighted by Crippen LogP contribution is 2.42. The Morgan fingerprint density at radius 1 is 1.21 bits per heavy atom. The molecule has 0 saturated carbocycles. The Hall–Kier alpha value is -2.93. The maximum absolute atomic E-state index is 12.9. The zero-order valence-electron chi connectivity index (χ0n) is 14.0. The van der Waals surface area contributed by atoms with Crippen LogP contribution in [0.25, 0.3) is 0 Å². The van der Waals surface area contributed by atoms with E-state index in [-0.39, 0.29) is 11.7 Å². The second-order valence-corrected chi connectivity index (χ2v) is 6.57. The van der Waals surface area contributed by atoms with Crippen molar-refractivity contribution in [3.63, 3.8) is 0 Å². The van der Waals surface area contributed by atoms with E-state index < -0.39 is 5.41 Å². The summed E-state index contributed by atoms with van der Waals surface area (Å²) in [6.45, 7) is 5.60. The number of amides is 1. The highest BCUT2D eigenvalue weighted by Gasteiger charge is 2.44. The van der Waals surface area contributed by atoms with Gasteiger partial charge in [-0.3, -0.25) is 9.59 Å². The van der Waals surface area contributed by atoms with Crippen LogP contribution in [0.5, 0.6) is 0 Å². The van der Waals surface area contributed by atoms with Crippen LogP contribution in [0.3, 0.4) is 0 Å². The summed E-state index contributed by atoms with van der Waals surface area (Å²) in [6.07, 6.45) is 0. The van der Waals surface area contributed by atoms with E-state index in [2.05, 4.69) is 6.07 Å². The molecular weight excluding hydrogens is 300 g/mol. The number of Topliss-reactive ketones (excluding diaryl/α,β-unsaturated/α-hetero) is 1. The Balaban J connectivity index is 2.07. The minimum atomic E-state index is -0.692. The number of nitriles is 1. The molecule has 0 aromatic heterocycles. The molecule has 120 valence electrons. The molecular formula is C20H18N2O2. The molecule has 4 heteroatoms. The van der Waals surface area contributed by atoms with E-state index in [1.54, 1.807) is 17.0 Å². The van der Waals surface area contributed by atoms with Crippen molar-refractivity contribution < 1.29 is 9.59 Å². The van der Waals surface area contributed by atoms with Gasteiger partial charge in [0, 0.05) is 11.3 Å². The minimum Gasteiger partial charge on any atom is -0.307 e. The molecule has 1 amide bonds. The van der Waals surface area contributed by atoms with Crippen LogP contribution in [0.2, 0.25) is 0 Å². The quantitative estimate of drug-likeness (QED) is 0.813. The average molecular weight is 318 g/mol. The predicted octanol–water partition coefficient (Wildman–Crippen LogP) is 3.59. The summed E-state index contributed by atoms with van der Waals surface area (Å²) in [7, 11) is 0. The van der Waals surface area contributed by atoms with E-state index in [0.717, 1.165) is 16.8 Å². The molecule has 24 heavy (non-hydrogen) atoms. The third kappa shape index (κ3) is 2.39. The summed E-state index contributed by atoms with van der Waals surface area (Å²) in [6, 6.07) is 14.8. The molecule has 2 aromatic carbocycles. The Morgan fingerprint density at radius 2 is 1.92 bits per heavy atom. The van der Waals surface area contributed by atoms with E-state index in [1.807, 2.05) is 44.2 Å². The zero-order chi connectivity index (χ0) is 17.5. The zero-order valence-corrected chi connectivity index (χ0v) is 14.0. The molecule has 2 aromatic rings. The van der Waals surface area contributed by atoms with Crippen molar-refractivity contribution in [2.45, 2.75) is 32.7 Å². The fourth-order valence-electron chi connectivity index (χ4n) is 3.15. The molecule has 0 unspecified atom stereocenters. The van der Waals surface area contributed by atoms with Gasteiger partial charge in [0.25, 0.3) is 0 Å². The van der Waals surface area contributed by atoms with Crippen molar-refractivity contribution in [1.29, 1.82) is 5.26 Å². The number of fused-ring (bicyclic) bond motifs is 1. The number of nitrogens with zero attached hydrogens (tertiary/aromatic N) is 2. The lowest BCUT2D eigenvalue weighted by atomic mass is 9.85. The van der Waals surface area contributed by atoms with Gasteiger partial charge in [-0.15, -0.1) is 0 Å². The van der Waals surface area contributed by atoms with Crippen molar-refractivity contribution in [3.8, 4) is 6.07 Å². The van der Waals surface area contributed by atoms with Crippen LogP contribution in [0.4, 0.5) is 5.69 Å². The predicted molar refractivity (Wildman–Crippen MR) is 91.8 cm³/mol. The van der Waals surface area contributed by atoms with Crippen molar-refractivity contribution >= 4 is 17.4 Å². The lowest BCUT2D eigenvalue weighted by Crippen LogP contribution is -2.35. The summed E-state index contributed by atoms with van der Waals surface area (Å²) in [5.41, 5.74) is 2.96. The van der Waals surface area contributed by atoms with Gasteiger partial charge in [0.05, 0.1) is 23.6 Å². The number of anilines is 1. The first kappa shape index (κ1) is 15.9. The fourth-order valence-corrected chi connectivity index (χ4v) is 3.15. The summed E-state index contributed by atoms with van der Waals surface area (Å²) in [5, 5.41) is 9.26. The van der Waals surface area contributed by atoms with Gasteiger partial charge in [-0.2, -0.15) is 5.26 Å². The molecule has 0 N–H and O–H groups in total. The summed E-state index contributed by atoms with van der Waals surface area (Å²) in [5.74, 6) is -0.0414. The van der Waals surface area contributed by atoms with Gasteiger partial charge in [0.1, 0.15) is 0 Å². The van der Waals surface area contributed by atoms with E-state index in [9.17, 15) is 14.9 Å². The first-order valence-electron chi connectivity index (χ1n) is 7.81. The maximum Gasteiger partial charge on any atom is 0.237 e. The van der Waals surface area contributed by atoms with Crippen LogP contribution in [0, 0.1) is 11.3 Å². The number of carbonyl (C=O) groups is 2. The lowest BCUT2D eigenvalue weighted by Gasteiger charge is -2.21. The van der Waals surface area contributed by atoms with Gasteiger partial charge in [-0.25, -0.2) is 0 Å². The first-order valence-corrected chi connectivity index (χ1v) is 7.81. The van der Waals surface area contributed by atoms with Gasteiger partial charge in [-0.05, 0) is 56.2 Å². The number of hydrogen-bond donors (Lipinski definition) is 0. The minimum absolute atomic E-state index is 0.0191. The van der Waals surface area contributed by atoms with Crippen molar-refractivity contribution in [2.75, 3.05) is 4.90 Å². The van der Waals surface area contributed by atoms with Crippen molar-refractivity contribution in [1.82, 2.24) is 0 Å². The van der Waals surface area contributed by atoms with Gasteiger partial charge in [-0.1, -0.05) is 18.2 Å². The highest BCUT2D eigenvalue weighted by molar-refractivity contribution is 6.08. The van der Waals surface area contributed by atoms with Crippen molar-refractivity contribution in [3.05, 3.63) is 64.7 Å². The third-order valence-electron chi connectivity index (χ3n) is 4.61. The molecule has 0 atom stereocenters. The number of carbonyl (C=O) groups excluding carboxylic acids is 2. The van der Waals surface area contributed by atoms with Crippen LogP contribution in [-0.2, 0) is 16.8 Å². The second kappa shape index (κ2) is 5.61. The third-order valence-corrected chi connectivity index (χ3v) is 4.61. The first-order chi connectivity index (χ1) is 11.4. The smallest absolute Gasteiger partial charge is 0.237 e. The Morgan fingerprint density at radius 3 is 2.58 bits per heavy atom. The normalized spacial score (nSPS) is 15.1. The summed E-state index contributed by atoms with van der Waals surface area (Å²) < 4.78 is 0.